The Balaban J connectivity index is 1.43. The molecule has 0 atom stereocenters. The van der Waals surface area contributed by atoms with Crippen LogP contribution in [0.3, 0.4) is 0 Å². The molecule has 3 rings (SSSR count). The van der Waals surface area contributed by atoms with Gasteiger partial charge in [-0.05, 0) is 14.0 Å². The molecule has 4 nitrogen and oxygen atoms in total. The molecule has 3 heterocycles. The summed E-state index contributed by atoms with van der Waals surface area (Å²) in [5.41, 5.74) is 0. The van der Waals surface area contributed by atoms with Gasteiger partial charge in [0.15, 0.2) is 0 Å². The van der Waals surface area contributed by atoms with Crippen LogP contribution in [0.15, 0.2) is 6.20 Å². The van der Waals surface area contributed by atoms with Crippen LogP contribution in [0, 0.1) is 6.92 Å². The van der Waals surface area contributed by atoms with Crippen molar-refractivity contribution in [1.29, 1.82) is 0 Å². The summed E-state index contributed by atoms with van der Waals surface area (Å²) in [6.07, 6.45) is 2.03. The van der Waals surface area contributed by atoms with Crippen molar-refractivity contribution in [2.75, 3.05) is 46.3 Å². The SMILES string of the molecule is Cc1ncc(CN2CC(N3CCN(C)CC3)C2)s1. The molecule has 0 bridgehead atoms. The second-order valence-corrected chi connectivity index (χ2v) is 6.85. The molecule has 0 aromatic carbocycles. The van der Waals surface area contributed by atoms with Crippen LogP contribution in [0.2, 0.25) is 0 Å². The van der Waals surface area contributed by atoms with Crippen LogP contribution in [0.5, 0.6) is 0 Å². The van der Waals surface area contributed by atoms with Crippen LogP contribution in [0.1, 0.15) is 9.88 Å². The van der Waals surface area contributed by atoms with Gasteiger partial charge in [0, 0.05) is 62.9 Å². The first kappa shape index (κ1) is 12.5. The molecule has 0 aliphatic carbocycles. The third-order valence-corrected chi connectivity index (χ3v) is 4.94. The Morgan fingerprint density at radius 3 is 2.61 bits per heavy atom. The van der Waals surface area contributed by atoms with Crippen LogP contribution in [0.4, 0.5) is 0 Å². The lowest BCUT2D eigenvalue weighted by Gasteiger charge is -2.47. The summed E-state index contributed by atoms with van der Waals surface area (Å²) in [5, 5.41) is 1.18. The van der Waals surface area contributed by atoms with Crippen molar-refractivity contribution in [2.45, 2.75) is 19.5 Å². The van der Waals surface area contributed by atoms with E-state index in [0.717, 1.165) is 12.6 Å². The molecule has 0 N–H and O–H groups in total. The monoisotopic (exact) mass is 266 g/mol. The average Bonchev–Trinajstić information content (AvgIpc) is 2.71. The van der Waals surface area contributed by atoms with Gasteiger partial charge in [0.2, 0.25) is 0 Å². The lowest BCUT2D eigenvalue weighted by molar-refractivity contribution is 0.00591. The Morgan fingerprint density at radius 1 is 1.28 bits per heavy atom. The molecule has 5 heteroatoms. The van der Waals surface area contributed by atoms with Gasteiger partial charge >= 0.3 is 0 Å². The molecule has 2 saturated heterocycles. The maximum absolute atomic E-state index is 4.32. The first-order valence-corrected chi connectivity index (χ1v) is 7.58. The molecule has 0 unspecified atom stereocenters. The van der Waals surface area contributed by atoms with Gasteiger partial charge in [-0.2, -0.15) is 0 Å². The highest BCUT2D eigenvalue weighted by molar-refractivity contribution is 7.11. The summed E-state index contributed by atoms with van der Waals surface area (Å²) < 4.78 is 0. The number of likely N-dealkylation sites (N-methyl/N-ethyl adjacent to an activating group) is 1. The van der Waals surface area contributed by atoms with Crippen LogP contribution in [0.25, 0.3) is 0 Å². The van der Waals surface area contributed by atoms with Gasteiger partial charge in [-0.15, -0.1) is 11.3 Å². The van der Waals surface area contributed by atoms with E-state index in [0.29, 0.717) is 0 Å². The maximum atomic E-state index is 4.32. The third-order valence-electron chi connectivity index (χ3n) is 4.04. The molecular formula is C13H22N4S. The molecular weight excluding hydrogens is 244 g/mol. The van der Waals surface area contributed by atoms with Gasteiger partial charge in [0.05, 0.1) is 5.01 Å². The predicted octanol–water partition coefficient (Wildman–Crippen LogP) is 0.883. The minimum atomic E-state index is 0.799. The fraction of sp³-hybridized carbons (Fsp3) is 0.769. The average molecular weight is 266 g/mol. The van der Waals surface area contributed by atoms with Crippen molar-refractivity contribution in [1.82, 2.24) is 19.7 Å². The molecule has 0 radical (unpaired) electrons. The van der Waals surface area contributed by atoms with Gasteiger partial charge < -0.3 is 4.90 Å². The smallest absolute Gasteiger partial charge is 0.0897 e. The van der Waals surface area contributed by atoms with E-state index >= 15 is 0 Å². The van der Waals surface area contributed by atoms with Crippen LogP contribution in [-0.4, -0.2) is 72.0 Å². The number of piperazine rings is 1. The van der Waals surface area contributed by atoms with Gasteiger partial charge in [-0.25, -0.2) is 4.98 Å². The first-order valence-electron chi connectivity index (χ1n) is 6.77. The number of nitrogens with zero attached hydrogens (tertiary/aromatic N) is 4. The van der Waals surface area contributed by atoms with Gasteiger partial charge in [0.25, 0.3) is 0 Å². The zero-order valence-corrected chi connectivity index (χ0v) is 12.1. The molecule has 0 amide bonds. The number of rotatable bonds is 3. The summed E-state index contributed by atoms with van der Waals surface area (Å²) in [5.74, 6) is 0. The number of thiazole rings is 1. The first-order chi connectivity index (χ1) is 8.70. The summed E-state index contributed by atoms with van der Waals surface area (Å²) in [7, 11) is 2.22. The van der Waals surface area contributed by atoms with E-state index in [2.05, 4.69) is 33.7 Å². The summed E-state index contributed by atoms with van der Waals surface area (Å²) in [4.78, 5) is 13.4. The Hall–Kier alpha value is -0.490. The number of hydrogen-bond acceptors (Lipinski definition) is 5. The summed E-state index contributed by atoms with van der Waals surface area (Å²) >= 11 is 1.83. The van der Waals surface area contributed by atoms with E-state index < -0.39 is 0 Å². The van der Waals surface area contributed by atoms with Crippen LogP contribution in [-0.2, 0) is 6.54 Å². The van der Waals surface area contributed by atoms with Crippen molar-refractivity contribution >= 4 is 11.3 Å². The third kappa shape index (κ3) is 2.74. The molecule has 2 fully saturated rings. The molecule has 1 aromatic rings. The van der Waals surface area contributed by atoms with Crippen molar-refractivity contribution in [3.8, 4) is 0 Å². The van der Waals surface area contributed by atoms with Crippen molar-refractivity contribution in [2.24, 2.45) is 0 Å². The standard InChI is InChI=1S/C13H22N4S/c1-11-14-7-13(18-11)10-16-8-12(9-16)17-5-3-15(2)4-6-17/h7,12H,3-6,8-10H2,1-2H3. The lowest BCUT2D eigenvalue weighted by atomic mass is 10.1. The largest absolute Gasteiger partial charge is 0.304 e. The second-order valence-electron chi connectivity index (χ2n) is 5.53. The van der Waals surface area contributed by atoms with E-state index in [1.807, 2.05) is 17.5 Å². The van der Waals surface area contributed by atoms with E-state index in [4.69, 9.17) is 0 Å². The van der Waals surface area contributed by atoms with Gasteiger partial charge in [-0.1, -0.05) is 0 Å². The van der Waals surface area contributed by atoms with Crippen molar-refractivity contribution < 1.29 is 0 Å². The highest BCUT2D eigenvalue weighted by Gasteiger charge is 2.32. The molecule has 18 heavy (non-hydrogen) atoms. The summed E-state index contributed by atoms with van der Waals surface area (Å²) in [6.45, 7) is 10.6. The second kappa shape index (κ2) is 5.25. The van der Waals surface area contributed by atoms with Crippen LogP contribution < -0.4 is 0 Å². The minimum absolute atomic E-state index is 0.799. The molecule has 100 valence electrons. The van der Waals surface area contributed by atoms with Crippen molar-refractivity contribution in [3.05, 3.63) is 16.1 Å². The van der Waals surface area contributed by atoms with E-state index in [-0.39, 0.29) is 0 Å². The van der Waals surface area contributed by atoms with Gasteiger partial charge in [-0.3, -0.25) is 9.80 Å². The molecule has 1 aromatic heterocycles. The number of aromatic nitrogens is 1. The Labute approximate surface area is 113 Å². The van der Waals surface area contributed by atoms with E-state index in [9.17, 15) is 0 Å². The van der Waals surface area contributed by atoms with Crippen LogP contribution >= 0.6 is 11.3 Å². The lowest BCUT2D eigenvalue weighted by Crippen LogP contribution is -2.62. The van der Waals surface area contributed by atoms with E-state index in [1.165, 1.54) is 49.2 Å². The Bertz CT molecular complexity index is 391. The normalized spacial score (nSPS) is 24.3. The highest BCUT2D eigenvalue weighted by Crippen LogP contribution is 2.21. The molecule has 2 aliphatic rings. The Morgan fingerprint density at radius 2 is 2.00 bits per heavy atom. The number of hydrogen-bond donors (Lipinski definition) is 0. The zero-order valence-electron chi connectivity index (χ0n) is 11.3. The van der Waals surface area contributed by atoms with E-state index in [1.54, 1.807) is 0 Å². The summed E-state index contributed by atoms with van der Waals surface area (Å²) in [6, 6.07) is 0.799. The molecule has 0 spiro atoms. The topological polar surface area (TPSA) is 22.6 Å². The predicted molar refractivity (Wildman–Crippen MR) is 75.0 cm³/mol. The maximum Gasteiger partial charge on any atom is 0.0897 e. The zero-order chi connectivity index (χ0) is 12.5. The Kier molecular flexibility index (Phi) is 3.66. The highest BCUT2D eigenvalue weighted by atomic mass is 32.1. The fourth-order valence-corrected chi connectivity index (χ4v) is 3.63. The number of aryl methyl sites for hydroxylation is 1. The molecule has 2 aliphatic heterocycles. The van der Waals surface area contributed by atoms with Gasteiger partial charge in [0.1, 0.15) is 0 Å². The molecule has 0 saturated carbocycles. The minimum Gasteiger partial charge on any atom is -0.304 e. The quantitative estimate of drug-likeness (QED) is 0.810. The fourth-order valence-electron chi connectivity index (χ4n) is 2.79. The van der Waals surface area contributed by atoms with Crippen molar-refractivity contribution in [3.63, 3.8) is 0 Å². The number of likely N-dealkylation sites (tertiary alicyclic amines) is 1.